The van der Waals surface area contributed by atoms with Gasteiger partial charge in [0.05, 0.1) is 6.61 Å². The summed E-state index contributed by atoms with van der Waals surface area (Å²) in [6.07, 6.45) is 0.250. The van der Waals surface area contributed by atoms with E-state index in [0.29, 0.717) is 0 Å². The van der Waals surface area contributed by atoms with E-state index < -0.39 is 17.9 Å². The van der Waals surface area contributed by atoms with Gasteiger partial charge in [-0.2, -0.15) is 0 Å². The Morgan fingerprint density at radius 2 is 2.00 bits per heavy atom. The molecule has 1 atom stereocenters. The maximum Gasteiger partial charge on any atom is 0.348 e. The van der Waals surface area contributed by atoms with Crippen molar-refractivity contribution in [1.82, 2.24) is 0 Å². The Balaban J connectivity index is 2.60. The fourth-order valence-electron chi connectivity index (χ4n) is 1.16. The van der Waals surface area contributed by atoms with Crippen molar-refractivity contribution in [3.63, 3.8) is 0 Å². The van der Waals surface area contributed by atoms with Gasteiger partial charge >= 0.3 is 5.97 Å². The summed E-state index contributed by atoms with van der Waals surface area (Å²) in [6, 6.07) is 8.95. The zero-order chi connectivity index (χ0) is 12.7. The minimum absolute atomic E-state index is 0.0505. The van der Waals surface area contributed by atoms with Crippen molar-refractivity contribution in [2.45, 2.75) is 13.1 Å². The van der Waals surface area contributed by atoms with E-state index in [1.807, 2.05) is 6.07 Å². The summed E-state index contributed by atoms with van der Waals surface area (Å²) in [4.78, 5) is 22.2. The molecule has 0 aliphatic rings. The average Bonchev–Trinajstić information content (AvgIpc) is 2.36. The molecule has 3 nitrogen and oxygen atoms in total. The highest BCUT2D eigenvalue weighted by Crippen LogP contribution is 2.04. The molecule has 0 aromatic heterocycles. The van der Waals surface area contributed by atoms with Gasteiger partial charge in [-0.05, 0) is 18.6 Å². The Bertz CT molecular complexity index is 412. The van der Waals surface area contributed by atoms with Crippen molar-refractivity contribution >= 4 is 17.8 Å². The standard InChI is InChI=1S/C13H13FO3/c1-2-17-13(16)12(14)11(15)9-8-10-6-4-3-5-7-10/h3-9,12H,2H2,1H3. The van der Waals surface area contributed by atoms with Crippen LogP contribution in [0.1, 0.15) is 12.5 Å². The molecule has 90 valence electrons. The minimum atomic E-state index is -2.24. The van der Waals surface area contributed by atoms with Crippen LogP contribution < -0.4 is 0 Å². The molecule has 0 amide bonds. The molecule has 1 aromatic rings. The minimum Gasteiger partial charge on any atom is -0.463 e. The predicted octanol–water partition coefficient (Wildman–Crippen LogP) is 2.17. The molecule has 1 rings (SSSR count). The summed E-state index contributed by atoms with van der Waals surface area (Å²) in [5.74, 6) is -2.05. The Kier molecular flexibility index (Phi) is 5.07. The summed E-state index contributed by atoms with van der Waals surface area (Å²) in [5, 5.41) is 0. The zero-order valence-electron chi connectivity index (χ0n) is 9.43. The third kappa shape index (κ3) is 4.18. The van der Waals surface area contributed by atoms with E-state index in [9.17, 15) is 14.0 Å². The second-order valence-electron chi connectivity index (χ2n) is 3.26. The van der Waals surface area contributed by atoms with Crippen molar-refractivity contribution in [2.75, 3.05) is 6.61 Å². The molecule has 0 bridgehead atoms. The summed E-state index contributed by atoms with van der Waals surface area (Å²) in [5.41, 5.74) is 0.761. The molecular formula is C13H13FO3. The summed E-state index contributed by atoms with van der Waals surface area (Å²) in [6.45, 7) is 1.60. The van der Waals surface area contributed by atoms with Gasteiger partial charge in [-0.1, -0.05) is 36.4 Å². The highest BCUT2D eigenvalue weighted by molar-refractivity contribution is 6.09. The molecule has 0 fully saturated rings. The van der Waals surface area contributed by atoms with E-state index in [2.05, 4.69) is 4.74 Å². The summed E-state index contributed by atoms with van der Waals surface area (Å²) < 4.78 is 17.6. The molecule has 17 heavy (non-hydrogen) atoms. The molecule has 0 spiro atoms. The third-order valence-electron chi connectivity index (χ3n) is 1.98. The van der Waals surface area contributed by atoms with E-state index in [1.165, 1.54) is 6.08 Å². The highest BCUT2D eigenvalue weighted by atomic mass is 19.1. The molecule has 0 radical (unpaired) electrons. The SMILES string of the molecule is CCOC(=O)C(F)C(=O)C=Cc1ccccc1. The Morgan fingerprint density at radius 1 is 1.35 bits per heavy atom. The number of hydrogen-bond acceptors (Lipinski definition) is 3. The van der Waals surface area contributed by atoms with Crippen molar-refractivity contribution in [3.8, 4) is 0 Å². The Hall–Kier alpha value is -1.97. The zero-order valence-corrected chi connectivity index (χ0v) is 9.43. The van der Waals surface area contributed by atoms with E-state index in [4.69, 9.17) is 0 Å². The van der Waals surface area contributed by atoms with Gasteiger partial charge in [0, 0.05) is 0 Å². The van der Waals surface area contributed by atoms with E-state index in [1.54, 1.807) is 31.2 Å². The van der Waals surface area contributed by atoms with Crippen LogP contribution in [0, 0.1) is 0 Å². The predicted molar refractivity (Wildman–Crippen MR) is 62.0 cm³/mol. The quantitative estimate of drug-likeness (QED) is 0.447. The fraction of sp³-hybridized carbons (Fsp3) is 0.231. The molecule has 0 saturated heterocycles. The number of halogens is 1. The Morgan fingerprint density at radius 3 is 2.59 bits per heavy atom. The number of allylic oxidation sites excluding steroid dienone is 1. The first-order chi connectivity index (χ1) is 8.15. The topological polar surface area (TPSA) is 43.4 Å². The van der Waals surface area contributed by atoms with Gasteiger partial charge in [0.15, 0.2) is 0 Å². The average molecular weight is 236 g/mol. The molecule has 0 aliphatic heterocycles. The Labute approximate surface area is 98.9 Å². The first kappa shape index (κ1) is 13.1. The first-order valence-electron chi connectivity index (χ1n) is 5.23. The molecule has 1 unspecified atom stereocenters. The van der Waals surface area contributed by atoms with Crippen LogP contribution in [-0.2, 0) is 14.3 Å². The van der Waals surface area contributed by atoms with Gasteiger partial charge in [-0.15, -0.1) is 0 Å². The van der Waals surface area contributed by atoms with Crippen LogP contribution >= 0.6 is 0 Å². The summed E-state index contributed by atoms with van der Waals surface area (Å²) in [7, 11) is 0. The van der Waals surface area contributed by atoms with Gasteiger partial charge in [-0.3, -0.25) is 4.79 Å². The van der Waals surface area contributed by atoms with Crippen molar-refractivity contribution < 1.29 is 18.7 Å². The second kappa shape index (κ2) is 6.58. The summed E-state index contributed by atoms with van der Waals surface area (Å²) >= 11 is 0. The smallest absolute Gasteiger partial charge is 0.348 e. The molecule has 1 aromatic carbocycles. The van der Waals surface area contributed by atoms with E-state index in [0.717, 1.165) is 11.6 Å². The lowest BCUT2D eigenvalue weighted by Crippen LogP contribution is -2.26. The second-order valence-corrected chi connectivity index (χ2v) is 3.26. The molecule has 0 N–H and O–H groups in total. The van der Waals surface area contributed by atoms with Gasteiger partial charge in [0.25, 0.3) is 6.17 Å². The number of ketones is 1. The number of carbonyl (C=O) groups is 2. The lowest BCUT2D eigenvalue weighted by molar-refractivity contribution is -0.151. The number of rotatable bonds is 5. The van der Waals surface area contributed by atoms with Crippen LogP contribution in [-0.4, -0.2) is 24.5 Å². The number of benzene rings is 1. The van der Waals surface area contributed by atoms with Crippen molar-refractivity contribution in [3.05, 3.63) is 42.0 Å². The van der Waals surface area contributed by atoms with Crippen LogP contribution in [0.4, 0.5) is 4.39 Å². The van der Waals surface area contributed by atoms with E-state index in [-0.39, 0.29) is 6.61 Å². The fourth-order valence-corrected chi connectivity index (χ4v) is 1.16. The van der Waals surface area contributed by atoms with Crippen molar-refractivity contribution in [1.29, 1.82) is 0 Å². The monoisotopic (exact) mass is 236 g/mol. The van der Waals surface area contributed by atoms with Gasteiger partial charge in [-0.25, -0.2) is 9.18 Å². The van der Waals surface area contributed by atoms with Gasteiger partial charge < -0.3 is 4.74 Å². The van der Waals surface area contributed by atoms with Crippen LogP contribution in [0.3, 0.4) is 0 Å². The largest absolute Gasteiger partial charge is 0.463 e. The third-order valence-corrected chi connectivity index (χ3v) is 1.98. The molecular weight excluding hydrogens is 223 g/mol. The number of alkyl halides is 1. The van der Waals surface area contributed by atoms with E-state index >= 15 is 0 Å². The van der Waals surface area contributed by atoms with Crippen molar-refractivity contribution in [2.24, 2.45) is 0 Å². The maximum atomic E-state index is 13.2. The number of esters is 1. The molecule has 0 aliphatic carbocycles. The van der Waals surface area contributed by atoms with Crippen LogP contribution in [0.25, 0.3) is 6.08 Å². The normalized spacial score (nSPS) is 12.4. The number of ether oxygens (including phenoxy) is 1. The highest BCUT2D eigenvalue weighted by Gasteiger charge is 2.24. The van der Waals surface area contributed by atoms with Crippen LogP contribution in [0.2, 0.25) is 0 Å². The number of hydrogen-bond donors (Lipinski definition) is 0. The molecule has 4 heteroatoms. The van der Waals surface area contributed by atoms with Gasteiger partial charge in [0.1, 0.15) is 0 Å². The van der Waals surface area contributed by atoms with Crippen LogP contribution in [0.5, 0.6) is 0 Å². The molecule has 0 saturated carbocycles. The maximum absolute atomic E-state index is 13.2. The number of carbonyl (C=O) groups excluding carboxylic acids is 2. The lowest BCUT2D eigenvalue weighted by atomic mass is 10.1. The first-order valence-corrected chi connectivity index (χ1v) is 5.23. The lowest BCUT2D eigenvalue weighted by Gasteiger charge is -2.03. The molecule has 0 heterocycles. The van der Waals surface area contributed by atoms with Gasteiger partial charge in [0.2, 0.25) is 5.78 Å². The van der Waals surface area contributed by atoms with Crippen LogP contribution in [0.15, 0.2) is 36.4 Å².